The molecule has 2 amide bonds. The van der Waals surface area contributed by atoms with Gasteiger partial charge in [0, 0.05) is 31.1 Å². The van der Waals surface area contributed by atoms with Crippen LogP contribution in [0.4, 0.5) is 0 Å². The van der Waals surface area contributed by atoms with E-state index in [1.165, 1.54) is 11.8 Å². The van der Waals surface area contributed by atoms with Crippen LogP contribution in [0.5, 0.6) is 5.75 Å². The van der Waals surface area contributed by atoms with Crippen LogP contribution in [0, 0.1) is 0 Å². The van der Waals surface area contributed by atoms with Crippen molar-refractivity contribution in [2.45, 2.75) is 11.4 Å². The fourth-order valence-corrected chi connectivity index (χ4v) is 3.03. The molecule has 0 saturated heterocycles. The molecule has 0 aliphatic carbocycles. The minimum Gasteiger partial charge on any atom is -0.497 e. The molecule has 0 atom stereocenters. The van der Waals surface area contributed by atoms with Crippen LogP contribution in [0.15, 0.2) is 53.4 Å². The summed E-state index contributed by atoms with van der Waals surface area (Å²) in [6, 6.07) is 14.9. The number of ether oxygens (including phenoxy) is 1. The predicted octanol–water partition coefficient (Wildman–Crippen LogP) is 2.81. The number of nitrogens with zero attached hydrogens (tertiary/aromatic N) is 1. The molecule has 2 rings (SSSR count). The lowest BCUT2D eigenvalue weighted by atomic mass is 10.1. The van der Waals surface area contributed by atoms with E-state index in [-0.39, 0.29) is 11.8 Å². The number of hydrogen-bond acceptors (Lipinski definition) is 4. The SMILES string of the molecule is CNC(=O)c1ccc(CN(C)C(=O)CSc2ccc(OC)cc2)cc1. The summed E-state index contributed by atoms with van der Waals surface area (Å²) >= 11 is 1.50. The molecule has 0 spiro atoms. The Balaban J connectivity index is 1.85. The molecule has 0 bridgehead atoms. The standard InChI is InChI=1S/C19H22N2O3S/c1-20-19(23)15-6-4-14(5-7-15)12-21(2)18(22)13-25-17-10-8-16(24-3)9-11-17/h4-11H,12-13H2,1-3H3,(H,20,23). The maximum Gasteiger partial charge on any atom is 0.251 e. The van der Waals surface area contributed by atoms with Gasteiger partial charge in [-0.1, -0.05) is 12.1 Å². The fourth-order valence-electron chi connectivity index (χ4n) is 2.20. The quantitative estimate of drug-likeness (QED) is 0.773. The number of methoxy groups -OCH3 is 1. The molecule has 0 unspecified atom stereocenters. The first-order valence-corrected chi connectivity index (χ1v) is 8.84. The van der Waals surface area contributed by atoms with Crippen molar-refractivity contribution in [3.05, 3.63) is 59.7 Å². The summed E-state index contributed by atoms with van der Waals surface area (Å²) in [5.41, 5.74) is 1.59. The van der Waals surface area contributed by atoms with E-state index in [1.807, 2.05) is 36.4 Å². The number of amides is 2. The van der Waals surface area contributed by atoms with Crippen molar-refractivity contribution in [2.24, 2.45) is 0 Å². The number of carbonyl (C=O) groups excluding carboxylic acids is 2. The van der Waals surface area contributed by atoms with Gasteiger partial charge in [-0.2, -0.15) is 0 Å². The number of benzene rings is 2. The van der Waals surface area contributed by atoms with Crippen LogP contribution in [0.25, 0.3) is 0 Å². The van der Waals surface area contributed by atoms with Crippen molar-refractivity contribution >= 4 is 23.6 Å². The van der Waals surface area contributed by atoms with Gasteiger partial charge in [0.05, 0.1) is 12.9 Å². The molecule has 0 heterocycles. The highest BCUT2D eigenvalue weighted by Gasteiger charge is 2.11. The highest BCUT2D eigenvalue weighted by atomic mass is 32.2. The van der Waals surface area contributed by atoms with Crippen molar-refractivity contribution in [3.63, 3.8) is 0 Å². The van der Waals surface area contributed by atoms with Gasteiger partial charge in [0.2, 0.25) is 5.91 Å². The van der Waals surface area contributed by atoms with Crippen LogP contribution in [-0.2, 0) is 11.3 Å². The summed E-state index contributed by atoms with van der Waals surface area (Å²) in [6.45, 7) is 0.510. The van der Waals surface area contributed by atoms with Gasteiger partial charge in [0.1, 0.15) is 5.75 Å². The second-order valence-electron chi connectivity index (χ2n) is 5.49. The van der Waals surface area contributed by atoms with Crippen molar-refractivity contribution < 1.29 is 14.3 Å². The second kappa shape index (κ2) is 9.13. The summed E-state index contributed by atoms with van der Waals surface area (Å²) in [6.07, 6.45) is 0. The van der Waals surface area contributed by atoms with Crippen LogP contribution < -0.4 is 10.1 Å². The van der Waals surface area contributed by atoms with E-state index in [1.54, 1.807) is 38.2 Å². The smallest absolute Gasteiger partial charge is 0.251 e. The van der Waals surface area contributed by atoms with Crippen molar-refractivity contribution in [2.75, 3.05) is 27.0 Å². The number of thioether (sulfide) groups is 1. The number of hydrogen-bond donors (Lipinski definition) is 1. The third-order valence-corrected chi connectivity index (χ3v) is 4.71. The van der Waals surface area contributed by atoms with E-state index < -0.39 is 0 Å². The third kappa shape index (κ3) is 5.53. The van der Waals surface area contributed by atoms with E-state index in [4.69, 9.17) is 4.74 Å². The number of carbonyl (C=O) groups is 2. The fraction of sp³-hybridized carbons (Fsp3) is 0.263. The van der Waals surface area contributed by atoms with Crippen LogP contribution in [-0.4, -0.2) is 43.7 Å². The Morgan fingerprint density at radius 1 is 1.08 bits per heavy atom. The maximum absolute atomic E-state index is 12.3. The van der Waals surface area contributed by atoms with Crippen LogP contribution in [0.1, 0.15) is 15.9 Å². The molecule has 0 aromatic heterocycles. The van der Waals surface area contributed by atoms with Gasteiger partial charge in [0.25, 0.3) is 5.91 Å². The Hall–Kier alpha value is -2.47. The maximum atomic E-state index is 12.3. The molecule has 1 N–H and O–H groups in total. The van der Waals surface area contributed by atoms with E-state index in [9.17, 15) is 9.59 Å². The zero-order valence-electron chi connectivity index (χ0n) is 14.6. The Morgan fingerprint density at radius 2 is 1.72 bits per heavy atom. The van der Waals surface area contributed by atoms with Crippen LogP contribution in [0.2, 0.25) is 0 Å². The molecule has 2 aromatic rings. The molecule has 2 aromatic carbocycles. The van der Waals surface area contributed by atoms with Crippen LogP contribution >= 0.6 is 11.8 Å². The lowest BCUT2D eigenvalue weighted by molar-refractivity contribution is -0.127. The minimum atomic E-state index is -0.119. The van der Waals surface area contributed by atoms with Gasteiger partial charge < -0.3 is 15.0 Å². The first kappa shape index (κ1) is 18.9. The zero-order valence-corrected chi connectivity index (χ0v) is 15.4. The molecule has 0 aliphatic heterocycles. The lowest BCUT2D eigenvalue weighted by Gasteiger charge is -2.17. The highest BCUT2D eigenvalue weighted by molar-refractivity contribution is 8.00. The molecular weight excluding hydrogens is 336 g/mol. The molecular formula is C19H22N2O3S. The summed E-state index contributed by atoms with van der Waals surface area (Å²) in [5.74, 6) is 1.11. The minimum absolute atomic E-state index is 0.0520. The first-order valence-electron chi connectivity index (χ1n) is 7.85. The molecule has 132 valence electrons. The largest absolute Gasteiger partial charge is 0.497 e. The van der Waals surface area contributed by atoms with Gasteiger partial charge in [0.15, 0.2) is 0 Å². The van der Waals surface area contributed by atoms with Gasteiger partial charge in [-0.3, -0.25) is 9.59 Å². The van der Waals surface area contributed by atoms with Gasteiger partial charge in [-0.15, -0.1) is 11.8 Å². The normalized spacial score (nSPS) is 10.2. The molecule has 25 heavy (non-hydrogen) atoms. The zero-order chi connectivity index (χ0) is 18.2. The molecule has 0 aliphatic rings. The lowest BCUT2D eigenvalue weighted by Crippen LogP contribution is -2.27. The average Bonchev–Trinajstić information content (AvgIpc) is 2.66. The van der Waals surface area contributed by atoms with Gasteiger partial charge in [-0.05, 0) is 42.0 Å². The molecule has 0 fully saturated rings. The van der Waals surface area contributed by atoms with Crippen LogP contribution in [0.3, 0.4) is 0 Å². The monoisotopic (exact) mass is 358 g/mol. The number of nitrogens with one attached hydrogen (secondary N) is 1. The molecule has 0 saturated carbocycles. The van der Waals surface area contributed by atoms with Gasteiger partial charge >= 0.3 is 0 Å². The van der Waals surface area contributed by atoms with E-state index in [2.05, 4.69) is 5.32 Å². The Morgan fingerprint density at radius 3 is 2.28 bits per heavy atom. The van der Waals surface area contributed by atoms with Gasteiger partial charge in [-0.25, -0.2) is 0 Å². The Bertz CT molecular complexity index is 714. The summed E-state index contributed by atoms with van der Waals surface area (Å²) in [7, 11) is 5.01. The summed E-state index contributed by atoms with van der Waals surface area (Å²) < 4.78 is 5.12. The molecule has 6 heteroatoms. The topological polar surface area (TPSA) is 58.6 Å². The average molecular weight is 358 g/mol. The van der Waals surface area contributed by atoms with E-state index >= 15 is 0 Å². The Kier molecular flexibility index (Phi) is 6.89. The third-order valence-electron chi connectivity index (χ3n) is 3.71. The molecule has 0 radical (unpaired) electrons. The highest BCUT2D eigenvalue weighted by Crippen LogP contribution is 2.21. The van der Waals surface area contributed by atoms with Crippen molar-refractivity contribution in [3.8, 4) is 5.75 Å². The van der Waals surface area contributed by atoms with E-state index in [0.29, 0.717) is 17.9 Å². The van der Waals surface area contributed by atoms with Crippen molar-refractivity contribution in [1.82, 2.24) is 10.2 Å². The van der Waals surface area contributed by atoms with Crippen molar-refractivity contribution in [1.29, 1.82) is 0 Å². The summed E-state index contributed by atoms with van der Waals surface area (Å²) in [5, 5.41) is 2.59. The predicted molar refractivity (Wildman–Crippen MR) is 100 cm³/mol. The number of rotatable bonds is 7. The van der Waals surface area contributed by atoms with E-state index in [0.717, 1.165) is 16.2 Å². The second-order valence-corrected chi connectivity index (χ2v) is 6.54. The summed E-state index contributed by atoms with van der Waals surface area (Å²) in [4.78, 5) is 26.5. The first-order chi connectivity index (χ1) is 12.0. The Labute approximate surface area is 152 Å². The molecule has 5 nitrogen and oxygen atoms in total.